The largest absolute Gasteiger partial charge is 0.367 e. The lowest BCUT2D eigenvalue weighted by molar-refractivity contribution is 0.101. The zero-order valence-electron chi connectivity index (χ0n) is 13.5. The number of anilines is 1. The maximum Gasteiger partial charge on any atom is 0.159 e. The van der Waals surface area contributed by atoms with E-state index in [4.69, 9.17) is 0 Å². The number of Topliss-reactive ketones (excluding diaryl/α,β-unsaturated/α-hetero) is 1. The predicted octanol–water partition coefficient (Wildman–Crippen LogP) is 4.14. The molecular formula is C20H20N2O. The monoisotopic (exact) mass is 304 g/mol. The van der Waals surface area contributed by atoms with Crippen molar-refractivity contribution in [2.75, 3.05) is 11.4 Å². The van der Waals surface area contributed by atoms with Crippen LogP contribution in [-0.4, -0.2) is 18.4 Å². The third-order valence-corrected chi connectivity index (χ3v) is 4.68. The van der Waals surface area contributed by atoms with Crippen LogP contribution in [0.1, 0.15) is 47.7 Å². The second-order valence-electron chi connectivity index (χ2n) is 6.24. The quantitative estimate of drug-likeness (QED) is 0.800. The Labute approximate surface area is 137 Å². The average molecular weight is 304 g/mol. The number of carbonyl (C=O) groups excluding carboxylic acids is 1. The lowest BCUT2D eigenvalue weighted by Gasteiger charge is -2.25. The summed E-state index contributed by atoms with van der Waals surface area (Å²) in [7, 11) is 0. The van der Waals surface area contributed by atoms with Gasteiger partial charge in [-0.3, -0.25) is 4.79 Å². The standard InChI is InChI=1S/C20H20N2O/c1-14-10-19(16-6-4-3-5-7-16)13-22(14)20-11-17(15(2)23)8-9-18(20)12-21/h3-9,11,14,19H,10,13H2,1-2H3. The molecule has 0 N–H and O–H groups in total. The maximum absolute atomic E-state index is 11.7. The van der Waals surface area contributed by atoms with E-state index in [1.54, 1.807) is 19.1 Å². The fraction of sp³-hybridized carbons (Fsp3) is 0.300. The second-order valence-corrected chi connectivity index (χ2v) is 6.24. The van der Waals surface area contributed by atoms with Crippen LogP contribution in [0.5, 0.6) is 0 Å². The van der Waals surface area contributed by atoms with Gasteiger partial charge in [-0.2, -0.15) is 5.26 Å². The summed E-state index contributed by atoms with van der Waals surface area (Å²) in [5, 5.41) is 9.42. The number of carbonyl (C=O) groups is 1. The van der Waals surface area contributed by atoms with E-state index in [0.29, 0.717) is 23.1 Å². The van der Waals surface area contributed by atoms with E-state index < -0.39 is 0 Å². The Hall–Kier alpha value is -2.60. The van der Waals surface area contributed by atoms with Crippen LogP contribution in [0.2, 0.25) is 0 Å². The molecule has 0 spiro atoms. The van der Waals surface area contributed by atoms with E-state index in [1.165, 1.54) is 5.56 Å². The molecule has 0 amide bonds. The highest BCUT2D eigenvalue weighted by Crippen LogP contribution is 2.36. The average Bonchev–Trinajstić information content (AvgIpc) is 2.96. The van der Waals surface area contributed by atoms with E-state index >= 15 is 0 Å². The van der Waals surface area contributed by atoms with Crippen molar-refractivity contribution in [3.05, 3.63) is 65.2 Å². The van der Waals surface area contributed by atoms with Crippen LogP contribution >= 0.6 is 0 Å². The molecular weight excluding hydrogens is 284 g/mol. The molecule has 23 heavy (non-hydrogen) atoms. The zero-order chi connectivity index (χ0) is 16.4. The molecule has 1 heterocycles. The van der Waals surface area contributed by atoms with Gasteiger partial charge in [-0.1, -0.05) is 30.3 Å². The molecule has 0 radical (unpaired) electrons. The smallest absolute Gasteiger partial charge is 0.159 e. The van der Waals surface area contributed by atoms with Gasteiger partial charge in [0.1, 0.15) is 6.07 Å². The number of hydrogen-bond donors (Lipinski definition) is 0. The molecule has 0 aliphatic carbocycles. The summed E-state index contributed by atoms with van der Waals surface area (Å²) in [5.74, 6) is 0.487. The molecule has 3 rings (SSSR count). The number of ketones is 1. The van der Waals surface area contributed by atoms with Crippen LogP contribution < -0.4 is 4.90 Å². The molecule has 1 fully saturated rings. The number of rotatable bonds is 3. The molecule has 3 nitrogen and oxygen atoms in total. The molecule has 2 atom stereocenters. The summed E-state index contributed by atoms with van der Waals surface area (Å²) >= 11 is 0. The Morgan fingerprint density at radius 1 is 1.22 bits per heavy atom. The number of nitriles is 1. The fourth-order valence-electron chi connectivity index (χ4n) is 3.42. The third-order valence-electron chi connectivity index (χ3n) is 4.68. The van der Waals surface area contributed by atoms with Gasteiger partial charge in [0.2, 0.25) is 0 Å². The van der Waals surface area contributed by atoms with E-state index in [1.807, 2.05) is 12.1 Å². The lowest BCUT2D eigenvalue weighted by atomic mass is 9.97. The van der Waals surface area contributed by atoms with Crippen molar-refractivity contribution in [3.8, 4) is 6.07 Å². The van der Waals surface area contributed by atoms with Gasteiger partial charge >= 0.3 is 0 Å². The van der Waals surface area contributed by atoms with Crippen LogP contribution in [0.4, 0.5) is 5.69 Å². The second kappa shape index (κ2) is 6.26. The van der Waals surface area contributed by atoms with E-state index in [-0.39, 0.29) is 5.78 Å². The van der Waals surface area contributed by atoms with Gasteiger partial charge in [0.25, 0.3) is 0 Å². The maximum atomic E-state index is 11.7. The molecule has 2 aromatic carbocycles. The van der Waals surface area contributed by atoms with E-state index in [0.717, 1.165) is 18.7 Å². The first-order chi connectivity index (χ1) is 11.1. The van der Waals surface area contributed by atoms with Crippen molar-refractivity contribution in [1.29, 1.82) is 5.26 Å². The molecule has 1 aliphatic rings. The van der Waals surface area contributed by atoms with Gasteiger partial charge in [-0.15, -0.1) is 0 Å². The number of nitrogens with zero attached hydrogens (tertiary/aromatic N) is 2. The summed E-state index contributed by atoms with van der Waals surface area (Å²) < 4.78 is 0. The topological polar surface area (TPSA) is 44.1 Å². The van der Waals surface area contributed by atoms with Crippen molar-refractivity contribution in [2.45, 2.75) is 32.2 Å². The van der Waals surface area contributed by atoms with Crippen LogP contribution in [0.15, 0.2) is 48.5 Å². The minimum absolute atomic E-state index is 0.0298. The first kappa shape index (κ1) is 15.3. The Balaban J connectivity index is 1.94. The van der Waals surface area contributed by atoms with Gasteiger partial charge in [0.15, 0.2) is 5.78 Å². The molecule has 0 bridgehead atoms. The fourth-order valence-corrected chi connectivity index (χ4v) is 3.42. The van der Waals surface area contributed by atoms with Crippen molar-refractivity contribution < 1.29 is 4.79 Å². The van der Waals surface area contributed by atoms with Gasteiger partial charge in [-0.05, 0) is 44.0 Å². The Morgan fingerprint density at radius 3 is 2.61 bits per heavy atom. The van der Waals surface area contributed by atoms with Crippen molar-refractivity contribution >= 4 is 11.5 Å². The van der Waals surface area contributed by atoms with Crippen molar-refractivity contribution in [1.82, 2.24) is 0 Å². The van der Waals surface area contributed by atoms with Crippen LogP contribution in [0, 0.1) is 11.3 Å². The molecule has 1 saturated heterocycles. The Kier molecular flexibility index (Phi) is 4.16. The van der Waals surface area contributed by atoms with Crippen molar-refractivity contribution in [3.63, 3.8) is 0 Å². The van der Waals surface area contributed by atoms with Crippen LogP contribution in [0.25, 0.3) is 0 Å². The first-order valence-corrected chi connectivity index (χ1v) is 7.97. The normalized spacial score (nSPS) is 20.3. The third kappa shape index (κ3) is 2.98. The minimum Gasteiger partial charge on any atom is -0.367 e. The van der Waals surface area contributed by atoms with Crippen molar-refractivity contribution in [2.24, 2.45) is 0 Å². The van der Waals surface area contributed by atoms with E-state index in [9.17, 15) is 10.1 Å². The summed E-state index contributed by atoms with van der Waals surface area (Å²) in [4.78, 5) is 13.9. The van der Waals surface area contributed by atoms with Crippen LogP contribution in [-0.2, 0) is 0 Å². The molecule has 0 saturated carbocycles. The predicted molar refractivity (Wildman–Crippen MR) is 91.8 cm³/mol. The van der Waals surface area contributed by atoms with Crippen LogP contribution in [0.3, 0.4) is 0 Å². The molecule has 116 valence electrons. The van der Waals surface area contributed by atoms with E-state index in [2.05, 4.69) is 42.2 Å². The molecule has 1 aliphatic heterocycles. The molecule has 2 aromatic rings. The number of benzene rings is 2. The molecule has 0 aromatic heterocycles. The molecule has 2 unspecified atom stereocenters. The van der Waals surface area contributed by atoms with Gasteiger partial charge in [0, 0.05) is 24.1 Å². The Morgan fingerprint density at radius 2 is 1.96 bits per heavy atom. The summed E-state index contributed by atoms with van der Waals surface area (Å²) in [5.41, 5.74) is 3.51. The minimum atomic E-state index is 0.0298. The summed E-state index contributed by atoms with van der Waals surface area (Å²) in [6.45, 7) is 4.62. The highest BCUT2D eigenvalue weighted by molar-refractivity contribution is 5.95. The highest BCUT2D eigenvalue weighted by Gasteiger charge is 2.31. The summed E-state index contributed by atoms with van der Waals surface area (Å²) in [6, 6.07) is 18.5. The summed E-state index contributed by atoms with van der Waals surface area (Å²) in [6.07, 6.45) is 1.05. The number of hydrogen-bond acceptors (Lipinski definition) is 3. The lowest BCUT2D eigenvalue weighted by Crippen LogP contribution is -2.27. The van der Waals surface area contributed by atoms with Gasteiger partial charge < -0.3 is 4.90 Å². The van der Waals surface area contributed by atoms with Gasteiger partial charge in [-0.25, -0.2) is 0 Å². The van der Waals surface area contributed by atoms with Gasteiger partial charge in [0.05, 0.1) is 11.3 Å². The molecule has 3 heteroatoms. The SMILES string of the molecule is CC(=O)c1ccc(C#N)c(N2CC(c3ccccc3)CC2C)c1. The zero-order valence-corrected chi connectivity index (χ0v) is 13.5. The highest BCUT2D eigenvalue weighted by atomic mass is 16.1. The Bertz CT molecular complexity index is 761. The first-order valence-electron chi connectivity index (χ1n) is 7.97.